The van der Waals surface area contributed by atoms with Crippen molar-refractivity contribution in [2.24, 2.45) is 11.7 Å². The molecular weight excluding hydrogens is 210 g/mol. The number of hydrogen-bond acceptors (Lipinski definition) is 3. The highest BCUT2D eigenvalue weighted by molar-refractivity contribution is 4.92. The first kappa shape index (κ1) is 13.3. The monoisotopic (exact) mass is 239 g/mol. The van der Waals surface area contributed by atoms with Crippen molar-refractivity contribution in [3.63, 3.8) is 0 Å². The molecule has 2 aliphatic rings. The van der Waals surface area contributed by atoms with Gasteiger partial charge in [0.05, 0.1) is 0 Å². The van der Waals surface area contributed by atoms with Crippen molar-refractivity contribution in [3.05, 3.63) is 0 Å². The Labute approximate surface area is 106 Å². The maximum absolute atomic E-state index is 6.03. The van der Waals surface area contributed by atoms with Crippen LogP contribution in [-0.4, -0.2) is 43.7 Å². The molecule has 1 aliphatic carbocycles. The smallest absolute Gasteiger partial charge is 0.0316 e. The summed E-state index contributed by atoms with van der Waals surface area (Å²) < 4.78 is 0. The second-order valence-electron chi connectivity index (χ2n) is 6.15. The Morgan fingerprint density at radius 1 is 1.29 bits per heavy atom. The normalized spacial score (nSPS) is 31.4. The average molecular weight is 239 g/mol. The van der Waals surface area contributed by atoms with Gasteiger partial charge in [-0.3, -0.25) is 0 Å². The zero-order valence-electron chi connectivity index (χ0n) is 11.4. The summed E-state index contributed by atoms with van der Waals surface area (Å²) in [5.41, 5.74) is 6.26. The summed E-state index contributed by atoms with van der Waals surface area (Å²) in [7, 11) is 2.22. The van der Waals surface area contributed by atoms with Crippen LogP contribution in [-0.2, 0) is 0 Å². The van der Waals surface area contributed by atoms with Crippen molar-refractivity contribution in [1.82, 2.24) is 10.2 Å². The highest BCUT2D eigenvalue weighted by atomic mass is 15.1. The van der Waals surface area contributed by atoms with E-state index in [2.05, 4.69) is 17.3 Å². The molecule has 100 valence electrons. The van der Waals surface area contributed by atoms with Crippen LogP contribution in [0.3, 0.4) is 0 Å². The highest BCUT2D eigenvalue weighted by Gasteiger charge is 2.30. The molecule has 1 saturated heterocycles. The molecule has 3 nitrogen and oxygen atoms in total. The standard InChI is InChI=1S/C14H29N3/c1-17-10-3-7-14(12-15,8-11-17)16-9-2-4-13-5-6-13/h13,16H,2-12,15H2,1H3. The molecule has 3 N–H and O–H groups in total. The van der Waals surface area contributed by atoms with Crippen LogP contribution in [0.2, 0.25) is 0 Å². The third-order valence-corrected chi connectivity index (χ3v) is 4.54. The van der Waals surface area contributed by atoms with Crippen LogP contribution < -0.4 is 11.1 Å². The van der Waals surface area contributed by atoms with E-state index in [4.69, 9.17) is 5.73 Å². The third-order valence-electron chi connectivity index (χ3n) is 4.54. The average Bonchev–Trinajstić information content (AvgIpc) is 3.14. The minimum Gasteiger partial charge on any atom is -0.329 e. The SMILES string of the molecule is CN1CCCC(CN)(NCCCC2CC2)CC1. The molecule has 1 atom stereocenters. The van der Waals surface area contributed by atoms with Crippen LogP contribution in [0.25, 0.3) is 0 Å². The fourth-order valence-corrected chi connectivity index (χ4v) is 2.93. The number of nitrogens with two attached hydrogens (primary N) is 1. The molecule has 1 aliphatic heterocycles. The Hall–Kier alpha value is -0.120. The Bertz CT molecular complexity index is 228. The predicted octanol–water partition coefficient (Wildman–Crippen LogP) is 1.58. The van der Waals surface area contributed by atoms with E-state index in [-0.39, 0.29) is 5.54 Å². The number of nitrogens with one attached hydrogen (secondary N) is 1. The minimum atomic E-state index is 0.230. The van der Waals surface area contributed by atoms with Crippen LogP contribution in [0, 0.1) is 5.92 Å². The number of rotatable bonds is 6. The summed E-state index contributed by atoms with van der Waals surface area (Å²) in [5.74, 6) is 1.06. The second kappa shape index (κ2) is 6.17. The van der Waals surface area contributed by atoms with Crippen LogP contribution in [0.15, 0.2) is 0 Å². The van der Waals surface area contributed by atoms with Gasteiger partial charge in [0.15, 0.2) is 0 Å². The van der Waals surface area contributed by atoms with Gasteiger partial charge in [-0.25, -0.2) is 0 Å². The first-order chi connectivity index (χ1) is 8.24. The lowest BCUT2D eigenvalue weighted by molar-refractivity contribution is 0.280. The molecule has 0 spiro atoms. The fourth-order valence-electron chi connectivity index (χ4n) is 2.93. The maximum atomic E-state index is 6.03. The van der Waals surface area contributed by atoms with Gasteiger partial charge in [0.2, 0.25) is 0 Å². The van der Waals surface area contributed by atoms with Gasteiger partial charge in [-0.1, -0.05) is 12.8 Å². The van der Waals surface area contributed by atoms with E-state index in [1.165, 1.54) is 58.0 Å². The van der Waals surface area contributed by atoms with Gasteiger partial charge in [0.1, 0.15) is 0 Å². The summed E-state index contributed by atoms with van der Waals surface area (Å²) in [6, 6.07) is 0. The first-order valence-corrected chi connectivity index (χ1v) is 7.38. The van der Waals surface area contributed by atoms with Crippen LogP contribution in [0.1, 0.15) is 44.9 Å². The molecule has 2 rings (SSSR count). The van der Waals surface area contributed by atoms with Gasteiger partial charge in [0, 0.05) is 12.1 Å². The van der Waals surface area contributed by atoms with Crippen molar-refractivity contribution < 1.29 is 0 Å². The van der Waals surface area contributed by atoms with Crippen molar-refractivity contribution in [3.8, 4) is 0 Å². The van der Waals surface area contributed by atoms with Gasteiger partial charge in [-0.05, 0) is 64.7 Å². The predicted molar refractivity (Wildman–Crippen MR) is 73.1 cm³/mol. The molecule has 0 radical (unpaired) electrons. The molecule has 3 heteroatoms. The highest BCUT2D eigenvalue weighted by Crippen LogP contribution is 2.33. The van der Waals surface area contributed by atoms with Crippen LogP contribution in [0.4, 0.5) is 0 Å². The van der Waals surface area contributed by atoms with Gasteiger partial charge in [-0.15, -0.1) is 0 Å². The van der Waals surface area contributed by atoms with Crippen molar-refractivity contribution in [2.75, 3.05) is 33.2 Å². The molecule has 0 amide bonds. The Kier molecular flexibility index (Phi) is 4.83. The molecule has 0 bridgehead atoms. The molecule has 2 fully saturated rings. The van der Waals surface area contributed by atoms with Gasteiger partial charge >= 0.3 is 0 Å². The zero-order valence-corrected chi connectivity index (χ0v) is 11.4. The van der Waals surface area contributed by atoms with Crippen molar-refractivity contribution in [1.29, 1.82) is 0 Å². The molecular formula is C14H29N3. The Morgan fingerprint density at radius 2 is 2.12 bits per heavy atom. The van der Waals surface area contributed by atoms with E-state index >= 15 is 0 Å². The molecule has 0 aromatic heterocycles. The number of likely N-dealkylation sites (tertiary alicyclic amines) is 1. The minimum absolute atomic E-state index is 0.230. The van der Waals surface area contributed by atoms with Crippen molar-refractivity contribution >= 4 is 0 Å². The van der Waals surface area contributed by atoms with E-state index in [9.17, 15) is 0 Å². The largest absolute Gasteiger partial charge is 0.329 e. The number of hydrogen-bond donors (Lipinski definition) is 2. The summed E-state index contributed by atoms with van der Waals surface area (Å²) in [6.45, 7) is 4.38. The van der Waals surface area contributed by atoms with E-state index in [0.717, 1.165) is 19.0 Å². The van der Waals surface area contributed by atoms with E-state index < -0.39 is 0 Å². The Balaban J connectivity index is 1.71. The third kappa shape index (κ3) is 4.23. The summed E-state index contributed by atoms with van der Waals surface area (Å²) in [4.78, 5) is 2.43. The summed E-state index contributed by atoms with van der Waals surface area (Å²) in [5, 5.41) is 3.78. The van der Waals surface area contributed by atoms with Crippen LogP contribution in [0.5, 0.6) is 0 Å². The Morgan fingerprint density at radius 3 is 2.82 bits per heavy atom. The van der Waals surface area contributed by atoms with Crippen LogP contribution >= 0.6 is 0 Å². The summed E-state index contributed by atoms with van der Waals surface area (Å²) in [6.07, 6.45) is 9.46. The maximum Gasteiger partial charge on any atom is 0.0316 e. The lowest BCUT2D eigenvalue weighted by atomic mass is 9.90. The molecule has 1 saturated carbocycles. The van der Waals surface area contributed by atoms with Crippen molar-refractivity contribution in [2.45, 2.75) is 50.5 Å². The first-order valence-electron chi connectivity index (χ1n) is 7.38. The van der Waals surface area contributed by atoms with Gasteiger partial charge in [0.25, 0.3) is 0 Å². The lowest BCUT2D eigenvalue weighted by Gasteiger charge is -2.33. The van der Waals surface area contributed by atoms with E-state index in [0.29, 0.717) is 0 Å². The topological polar surface area (TPSA) is 41.3 Å². The molecule has 0 aromatic carbocycles. The lowest BCUT2D eigenvalue weighted by Crippen LogP contribution is -2.52. The second-order valence-corrected chi connectivity index (χ2v) is 6.15. The molecule has 1 unspecified atom stereocenters. The van der Waals surface area contributed by atoms with E-state index in [1.54, 1.807) is 0 Å². The quantitative estimate of drug-likeness (QED) is 0.692. The fraction of sp³-hybridized carbons (Fsp3) is 1.00. The summed E-state index contributed by atoms with van der Waals surface area (Å²) >= 11 is 0. The zero-order chi connectivity index (χ0) is 12.1. The molecule has 1 heterocycles. The molecule has 0 aromatic rings. The van der Waals surface area contributed by atoms with Gasteiger partial charge < -0.3 is 16.0 Å². The van der Waals surface area contributed by atoms with E-state index in [1.807, 2.05) is 0 Å². The number of nitrogens with zero attached hydrogens (tertiary/aromatic N) is 1. The van der Waals surface area contributed by atoms with Gasteiger partial charge in [-0.2, -0.15) is 0 Å². The molecule has 17 heavy (non-hydrogen) atoms.